The van der Waals surface area contributed by atoms with Crippen molar-refractivity contribution in [2.24, 2.45) is 0 Å². The van der Waals surface area contributed by atoms with Crippen molar-refractivity contribution in [2.45, 2.75) is 37.6 Å². The molecule has 0 spiro atoms. The van der Waals surface area contributed by atoms with Crippen LogP contribution in [0.15, 0.2) is 4.79 Å². The number of anilines is 1. The molecule has 5 N–H and O–H groups in total. The molecular weight excluding hydrogens is 384 g/mol. The van der Waals surface area contributed by atoms with Gasteiger partial charge in [0.05, 0.1) is 13.7 Å². The van der Waals surface area contributed by atoms with Crippen LogP contribution in [0.2, 0.25) is 0 Å². The van der Waals surface area contributed by atoms with E-state index in [1.165, 1.54) is 14.0 Å². The molecular formula is C14H18N4O8S. The first-order valence-corrected chi connectivity index (χ1v) is 8.65. The number of fused-ring (bicyclic) bond motifs is 1. The maximum atomic E-state index is 12.5. The Morgan fingerprint density at radius 2 is 2.11 bits per heavy atom. The molecule has 2 aromatic rings. The zero-order valence-corrected chi connectivity index (χ0v) is 15.1. The van der Waals surface area contributed by atoms with Crippen LogP contribution in [-0.2, 0) is 14.3 Å². The van der Waals surface area contributed by atoms with Gasteiger partial charge in [0.15, 0.2) is 18.0 Å². The molecule has 0 radical (unpaired) electrons. The van der Waals surface area contributed by atoms with Crippen molar-refractivity contribution in [3.8, 4) is 5.88 Å². The number of nitrogens with two attached hydrogens (primary N) is 1. The number of carbonyl (C=O) groups excluding carboxylic acids is 1. The SMILES string of the molecule is COC(=O)C(C)Oc1nc(N)nc2c1sc(=O)n2[C@@H]1O[C@H](CO)[C@@H](O)[C@H]1O. The van der Waals surface area contributed by atoms with E-state index >= 15 is 0 Å². The molecule has 27 heavy (non-hydrogen) atoms. The Kier molecular flexibility index (Phi) is 5.30. The third kappa shape index (κ3) is 3.35. The summed E-state index contributed by atoms with van der Waals surface area (Å²) in [6.07, 6.45) is -6.25. The quantitative estimate of drug-likeness (QED) is 0.406. The van der Waals surface area contributed by atoms with Crippen molar-refractivity contribution in [3.05, 3.63) is 9.67 Å². The van der Waals surface area contributed by atoms with Gasteiger partial charge in [0.1, 0.15) is 23.0 Å². The molecule has 1 fully saturated rings. The molecule has 1 saturated heterocycles. The highest BCUT2D eigenvalue weighted by Gasteiger charge is 2.45. The summed E-state index contributed by atoms with van der Waals surface area (Å²) in [6.45, 7) is 0.884. The maximum absolute atomic E-state index is 12.5. The lowest BCUT2D eigenvalue weighted by molar-refractivity contribution is -0.148. The number of hydrogen-bond donors (Lipinski definition) is 4. The van der Waals surface area contributed by atoms with Crippen molar-refractivity contribution >= 4 is 33.6 Å². The number of rotatable bonds is 5. The molecule has 3 rings (SSSR count). The van der Waals surface area contributed by atoms with E-state index in [4.69, 9.17) is 15.2 Å². The normalized spacial score (nSPS) is 26.3. The lowest BCUT2D eigenvalue weighted by atomic mass is 10.1. The van der Waals surface area contributed by atoms with Crippen LogP contribution in [0.1, 0.15) is 13.2 Å². The number of nitrogens with zero attached hydrogens (tertiary/aromatic N) is 3. The van der Waals surface area contributed by atoms with Crippen LogP contribution in [0.4, 0.5) is 5.95 Å². The Hall–Kier alpha value is -2.32. The molecule has 0 aromatic carbocycles. The predicted octanol–water partition coefficient (Wildman–Crippen LogP) is -2.01. The smallest absolute Gasteiger partial charge is 0.346 e. The number of aliphatic hydroxyl groups excluding tert-OH is 3. The summed E-state index contributed by atoms with van der Waals surface area (Å²) in [5.74, 6) is -1.01. The second-order valence-electron chi connectivity index (χ2n) is 5.79. The molecule has 12 nitrogen and oxygen atoms in total. The molecule has 0 aliphatic carbocycles. The van der Waals surface area contributed by atoms with Gasteiger partial charge >= 0.3 is 10.8 Å². The van der Waals surface area contributed by atoms with Crippen molar-refractivity contribution in [2.75, 3.05) is 19.5 Å². The molecule has 5 atom stereocenters. The predicted molar refractivity (Wildman–Crippen MR) is 91.2 cm³/mol. The zero-order valence-electron chi connectivity index (χ0n) is 14.3. The number of aromatic nitrogens is 3. The number of aliphatic hydroxyl groups is 3. The Labute approximate surface area is 155 Å². The van der Waals surface area contributed by atoms with Gasteiger partial charge < -0.3 is 35.3 Å². The van der Waals surface area contributed by atoms with Crippen molar-refractivity contribution in [1.82, 2.24) is 14.5 Å². The molecule has 0 saturated carbocycles. The number of hydrogen-bond acceptors (Lipinski definition) is 12. The summed E-state index contributed by atoms with van der Waals surface area (Å²) in [7, 11) is 1.20. The number of carbonyl (C=O) groups is 1. The monoisotopic (exact) mass is 402 g/mol. The fourth-order valence-corrected chi connectivity index (χ4v) is 3.57. The third-order valence-electron chi connectivity index (χ3n) is 4.04. The third-order valence-corrected chi connectivity index (χ3v) is 4.97. The summed E-state index contributed by atoms with van der Waals surface area (Å²) < 4.78 is 16.6. The van der Waals surface area contributed by atoms with Gasteiger partial charge in [0.2, 0.25) is 11.8 Å². The van der Waals surface area contributed by atoms with Crippen LogP contribution in [0.25, 0.3) is 10.3 Å². The summed E-state index contributed by atoms with van der Waals surface area (Å²) >= 11 is 0.689. The number of nitrogen functional groups attached to an aromatic ring is 1. The summed E-state index contributed by atoms with van der Waals surface area (Å²) in [4.78, 5) is 31.4. The topological polar surface area (TPSA) is 179 Å². The van der Waals surface area contributed by atoms with E-state index in [0.717, 1.165) is 4.57 Å². The first-order chi connectivity index (χ1) is 12.8. The molecule has 0 amide bonds. The van der Waals surface area contributed by atoms with Crippen LogP contribution in [0, 0.1) is 0 Å². The van der Waals surface area contributed by atoms with Gasteiger partial charge in [-0.05, 0) is 6.92 Å². The van der Waals surface area contributed by atoms with Gasteiger partial charge in [0, 0.05) is 0 Å². The summed E-state index contributed by atoms with van der Waals surface area (Å²) in [6, 6.07) is 0. The molecule has 13 heteroatoms. The standard InChI is InChI=1S/C14H18N4O8S/c1-4(12(22)24-2)25-10-8-9(16-13(15)17-10)18(14(23)27-8)11-7(21)6(20)5(3-19)26-11/h4-7,11,19-21H,3H2,1-2H3,(H2,15,16,17)/t4?,5-,6-,7-,11-/m1/s1. The minimum Gasteiger partial charge on any atom is -0.466 e. The van der Waals surface area contributed by atoms with Gasteiger partial charge in [-0.2, -0.15) is 9.97 Å². The van der Waals surface area contributed by atoms with Gasteiger partial charge in [-0.1, -0.05) is 11.3 Å². The Balaban J connectivity index is 2.08. The Morgan fingerprint density at radius 1 is 1.41 bits per heavy atom. The second-order valence-corrected chi connectivity index (χ2v) is 6.75. The lowest BCUT2D eigenvalue weighted by Crippen LogP contribution is -2.34. The molecule has 0 bridgehead atoms. The average molecular weight is 402 g/mol. The van der Waals surface area contributed by atoms with Gasteiger partial charge in [-0.3, -0.25) is 9.36 Å². The van der Waals surface area contributed by atoms with E-state index in [0.29, 0.717) is 11.3 Å². The Morgan fingerprint density at radius 3 is 2.70 bits per heavy atom. The van der Waals surface area contributed by atoms with Crippen LogP contribution < -0.4 is 15.3 Å². The minimum atomic E-state index is -1.48. The lowest BCUT2D eigenvalue weighted by Gasteiger charge is -2.16. The second kappa shape index (κ2) is 7.36. The molecule has 3 heterocycles. The van der Waals surface area contributed by atoms with E-state index in [-0.39, 0.29) is 22.2 Å². The van der Waals surface area contributed by atoms with Crippen LogP contribution in [0.5, 0.6) is 5.88 Å². The first-order valence-electron chi connectivity index (χ1n) is 7.84. The number of methoxy groups -OCH3 is 1. The molecule has 1 unspecified atom stereocenters. The van der Waals surface area contributed by atoms with Crippen LogP contribution >= 0.6 is 11.3 Å². The minimum absolute atomic E-state index is 0.000550. The highest BCUT2D eigenvalue weighted by molar-refractivity contribution is 7.16. The largest absolute Gasteiger partial charge is 0.466 e. The van der Waals surface area contributed by atoms with Crippen LogP contribution in [-0.4, -0.2) is 74.0 Å². The number of esters is 1. The number of ether oxygens (including phenoxy) is 3. The van der Waals surface area contributed by atoms with E-state index in [1.807, 2.05) is 0 Å². The molecule has 148 valence electrons. The van der Waals surface area contributed by atoms with E-state index in [2.05, 4.69) is 14.7 Å². The average Bonchev–Trinajstić information content (AvgIpc) is 3.10. The van der Waals surface area contributed by atoms with Gasteiger partial charge in [-0.25, -0.2) is 4.79 Å². The first kappa shape index (κ1) is 19.4. The zero-order chi connectivity index (χ0) is 19.9. The molecule has 2 aromatic heterocycles. The molecule has 1 aliphatic heterocycles. The van der Waals surface area contributed by atoms with Crippen molar-refractivity contribution in [1.29, 1.82) is 0 Å². The Bertz CT molecular complexity index is 914. The maximum Gasteiger partial charge on any atom is 0.346 e. The van der Waals surface area contributed by atoms with Gasteiger partial charge in [0.25, 0.3) is 0 Å². The van der Waals surface area contributed by atoms with Crippen LogP contribution in [0.3, 0.4) is 0 Å². The fourth-order valence-electron chi connectivity index (χ4n) is 2.69. The van der Waals surface area contributed by atoms with E-state index in [9.17, 15) is 24.9 Å². The van der Waals surface area contributed by atoms with Crippen molar-refractivity contribution < 1.29 is 34.3 Å². The molecule has 1 aliphatic rings. The summed E-state index contributed by atoms with van der Waals surface area (Å²) in [5.41, 5.74) is 5.68. The van der Waals surface area contributed by atoms with E-state index in [1.54, 1.807) is 0 Å². The number of thiazole rings is 1. The highest BCUT2D eigenvalue weighted by atomic mass is 32.1. The highest BCUT2D eigenvalue weighted by Crippen LogP contribution is 2.34. The van der Waals surface area contributed by atoms with Crippen molar-refractivity contribution in [3.63, 3.8) is 0 Å². The van der Waals surface area contributed by atoms with E-state index < -0.39 is 48.1 Å². The fraction of sp³-hybridized carbons (Fsp3) is 0.571. The van der Waals surface area contributed by atoms with Gasteiger partial charge in [-0.15, -0.1) is 0 Å². The summed E-state index contributed by atoms with van der Waals surface area (Å²) in [5, 5.41) is 29.3.